The van der Waals surface area contributed by atoms with E-state index in [-0.39, 0.29) is 18.9 Å². The molecule has 0 bridgehead atoms. The van der Waals surface area contributed by atoms with Gasteiger partial charge in [0.2, 0.25) is 0 Å². The van der Waals surface area contributed by atoms with Gasteiger partial charge in [0, 0.05) is 22.2 Å². The largest absolute Gasteiger partial charge is 0.488 e. The van der Waals surface area contributed by atoms with Gasteiger partial charge in [0.05, 0.1) is 11.3 Å². The van der Waals surface area contributed by atoms with Crippen LogP contribution in [0.4, 0.5) is 0 Å². The van der Waals surface area contributed by atoms with Crippen LogP contribution >= 0.6 is 47.2 Å². The van der Waals surface area contributed by atoms with E-state index in [1.54, 1.807) is 30.3 Å². The second-order valence-electron chi connectivity index (χ2n) is 6.08. The second kappa shape index (κ2) is 9.63. The fraction of sp³-hybridized carbons (Fsp3) is 0.150. The number of ether oxygens (including phenoxy) is 1. The number of halogens is 2. The third-order valence-corrected chi connectivity index (χ3v) is 5.81. The van der Waals surface area contributed by atoms with Crippen molar-refractivity contribution >= 4 is 69.5 Å². The summed E-state index contributed by atoms with van der Waals surface area (Å²) >= 11 is 18.5. The molecule has 2 aromatic carbocycles. The number of benzene rings is 2. The summed E-state index contributed by atoms with van der Waals surface area (Å²) in [4.78, 5) is 25.1. The fourth-order valence-electron chi connectivity index (χ4n) is 2.59. The number of carbonyl (C=O) groups is 2. The highest BCUT2D eigenvalue weighted by Gasteiger charge is 2.32. The molecular formula is C20H15Cl2NO4S2. The lowest BCUT2D eigenvalue weighted by molar-refractivity contribution is -0.137. The number of carboxylic acid groups (broad SMARTS) is 1. The number of hydrogen-bond acceptors (Lipinski definition) is 5. The lowest BCUT2D eigenvalue weighted by Gasteiger charge is -2.12. The Bertz CT molecular complexity index is 1010. The van der Waals surface area contributed by atoms with Gasteiger partial charge in [-0.25, -0.2) is 0 Å². The minimum Gasteiger partial charge on any atom is -0.488 e. The van der Waals surface area contributed by atoms with Crippen molar-refractivity contribution in [3.05, 3.63) is 68.5 Å². The Morgan fingerprint density at radius 3 is 2.69 bits per heavy atom. The molecule has 1 aliphatic rings. The van der Waals surface area contributed by atoms with Crippen LogP contribution in [0.15, 0.2) is 47.4 Å². The van der Waals surface area contributed by atoms with Crippen molar-refractivity contribution in [3.8, 4) is 5.75 Å². The SMILES string of the molecule is O=C(O)CCN1C(=O)/C(=C\c2cc(Cl)ccc2OCc2cccc(Cl)c2)SC1=S. The normalized spacial score (nSPS) is 15.2. The summed E-state index contributed by atoms with van der Waals surface area (Å²) in [6, 6.07) is 12.4. The van der Waals surface area contributed by atoms with Crippen LogP contribution in [0.25, 0.3) is 6.08 Å². The van der Waals surface area contributed by atoms with Crippen molar-refractivity contribution in [1.29, 1.82) is 0 Å². The minimum absolute atomic E-state index is 0.0327. The fourth-order valence-corrected chi connectivity index (χ4v) is 4.29. The number of thiocarbonyl (C=S) groups is 1. The number of carbonyl (C=O) groups excluding carboxylic acids is 1. The van der Waals surface area contributed by atoms with E-state index in [9.17, 15) is 9.59 Å². The molecule has 0 unspecified atom stereocenters. The molecule has 3 rings (SSSR count). The summed E-state index contributed by atoms with van der Waals surface area (Å²) in [6.07, 6.45) is 1.48. The predicted octanol–water partition coefficient (Wildman–Crippen LogP) is 5.25. The first-order chi connectivity index (χ1) is 13.8. The molecule has 1 heterocycles. The topological polar surface area (TPSA) is 66.8 Å². The van der Waals surface area contributed by atoms with Crippen LogP contribution in [0, 0.1) is 0 Å². The average Bonchev–Trinajstić information content (AvgIpc) is 2.92. The molecule has 1 saturated heterocycles. The van der Waals surface area contributed by atoms with Crippen LogP contribution in [0.2, 0.25) is 10.0 Å². The van der Waals surface area contributed by atoms with Crippen molar-refractivity contribution in [1.82, 2.24) is 4.90 Å². The summed E-state index contributed by atoms with van der Waals surface area (Å²) in [5.41, 5.74) is 1.52. The molecule has 1 amide bonds. The zero-order valence-electron chi connectivity index (χ0n) is 14.9. The highest BCUT2D eigenvalue weighted by molar-refractivity contribution is 8.26. The Labute approximate surface area is 187 Å². The summed E-state index contributed by atoms with van der Waals surface area (Å²) in [5, 5.41) is 9.95. The predicted molar refractivity (Wildman–Crippen MR) is 119 cm³/mol. The van der Waals surface area contributed by atoms with E-state index in [2.05, 4.69) is 0 Å². The molecule has 1 fully saturated rings. The summed E-state index contributed by atoms with van der Waals surface area (Å²) in [7, 11) is 0. The molecule has 29 heavy (non-hydrogen) atoms. The standard InChI is InChI=1S/C20H15Cl2NO4S2/c21-14-3-1-2-12(8-14)11-27-16-5-4-15(22)9-13(16)10-17-19(26)23(20(28)29-17)7-6-18(24)25/h1-5,8-10H,6-7,11H2,(H,24,25)/b17-10+. The molecule has 0 radical (unpaired) electrons. The van der Waals surface area contributed by atoms with Crippen molar-refractivity contribution in [3.63, 3.8) is 0 Å². The van der Waals surface area contributed by atoms with E-state index in [1.807, 2.05) is 18.2 Å². The number of nitrogens with zero attached hydrogens (tertiary/aromatic N) is 1. The quantitative estimate of drug-likeness (QED) is 0.443. The highest BCUT2D eigenvalue weighted by atomic mass is 35.5. The van der Waals surface area contributed by atoms with Gasteiger partial charge in [-0.2, -0.15) is 0 Å². The molecular weight excluding hydrogens is 453 g/mol. The second-order valence-corrected chi connectivity index (χ2v) is 8.63. The van der Waals surface area contributed by atoms with Crippen LogP contribution in [-0.4, -0.2) is 32.7 Å². The lowest BCUT2D eigenvalue weighted by atomic mass is 10.1. The maximum atomic E-state index is 12.6. The average molecular weight is 468 g/mol. The van der Waals surface area contributed by atoms with E-state index >= 15 is 0 Å². The van der Waals surface area contributed by atoms with Crippen molar-refractivity contribution in [2.75, 3.05) is 6.54 Å². The maximum absolute atomic E-state index is 12.6. The number of amides is 1. The Kier molecular flexibility index (Phi) is 7.18. The van der Waals surface area contributed by atoms with E-state index in [0.717, 1.165) is 17.3 Å². The molecule has 0 saturated carbocycles. The molecule has 0 aromatic heterocycles. The zero-order valence-corrected chi connectivity index (χ0v) is 18.1. The first-order valence-corrected chi connectivity index (χ1v) is 10.5. The van der Waals surface area contributed by atoms with E-state index < -0.39 is 5.97 Å². The molecule has 2 aromatic rings. The monoisotopic (exact) mass is 467 g/mol. The van der Waals surface area contributed by atoms with Crippen LogP contribution in [0.1, 0.15) is 17.5 Å². The molecule has 0 atom stereocenters. The molecule has 1 aliphatic heterocycles. The van der Waals surface area contributed by atoms with Crippen LogP contribution in [0.5, 0.6) is 5.75 Å². The van der Waals surface area contributed by atoms with Gasteiger partial charge in [-0.05, 0) is 42.0 Å². The van der Waals surface area contributed by atoms with Gasteiger partial charge in [-0.3, -0.25) is 14.5 Å². The molecule has 1 N–H and O–H groups in total. The van der Waals surface area contributed by atoms with Crippen LogP contribution < -0.4 is 4.74 Å². The Balaban J connectivity index is 1.81. The maximum Gasteiger partial charge on any atom is 0.305 e. The van der Waals surface area contributed by atoms with E-state index in [1.165, 1.54) is 4.90 Å². The number of hydrogen-bond donors (Lipinski definition) is 1. The van der Waals surface area contributed by atoms with Gasteiger partial charge in [-0.1, -0.05) is 59.3 Å². The van der Waals surface area contributed by atoms with Crippen molar-refractivity contribution in [2.24, 2.45) is 0 Å². The summed E-state index contributed by atoms with van der Waals surface area (Å²) in [5.74, 6) is -0.776. The number of thioether (sulfide) groups is 1. The van der Waals surface area contributed by atoms with Gasteiger partial charge < -0.3 is 9.84 Å². The Morgan fingerprint density at radius 2 is 1.97 bits per heavy atom. The Hall–Kier alpha value is -2.06. The van der Waals surface area contributed by atoms with Gasteiger partial charge in [0.15, 0.2) is 0 Å². The van der Waals surface area contributed by atoms with Crippen molar-refractivity contribution < 1.29 is 19.4 Å². The molecule has 9 heteroatoms. The number of rotatable bonds is 7. The highest BCUT2D eigenvalue weighted by Crippen LogP contribution is 2.35. The first-order valence-electron chi connectivity index (χ1n) is 8.47. The first kappa shape index (κ1) is 21.6. The Morgan fingerprint density at radius 1 is 1.21 bits per heavy atom. The summed E-state index contributed by atoms with van der Waals surface area (Å²) in [6.45, 7) is 0.327. The molecule has 5 nitrogen and oxygen atoms in total. The lowest BCUT2D eigenvalue weighted by Crippen LogP contribution is -2.30. The molecule has 0 spiro atoms. The zero-order chi connectivity index (χ0) is 21.0. The third-order valence-electron chi connectivity index (χ3n) is 3.96. The third kappa shape index (κ3) is 5.73. The van der Waals surface area contributed by atoms with E-state index in [4.69, 9.17) is 45.3 Å². The smallest absolute Gasteiger partial charge is 0.305 e. The molecule has 0 aliphatic carbocycles. The van der Waals surface area contributed by atoms with E-state index in [0.29, 0.717) is 37.2 Å². The van der Waals surface area contributed by atoms with Gasteiger partial charge in [-0.15, -0.1) is 0 Å². The summed E-state index contributed by atoms with van der Waals surface area (Å²) < 4.78 is 6.23. The van der Waals surface area contributed by atoms with Gasteiger partial charge in [0.25, 0.3) is 5.91 Å². The van der Waals surface area contributed by atoms with Crippen LogP contribution in [-0.2, 0) is 16.2 Å². The molecule has 150 valence electrons. The number of aliphatic carboxylic acids is 1. The van der Waals surface area contributed by atoms with Gasteiger partial charge >= 0.3 is 5.97 Å². The minimum atomic E-state index is -0.991. The van der Waals surface area contributed by atoms with Crippen molar-refractivity contribution in [2.45, 2.75) is 13.0 Å². The van der Waals surface area contributed by atoms with Gasteiger partial charge in [0.1, 0.15) is 16.7 Å². The number of carboxylic acids is 1. The van der Waals surface area contributed by atoms with Crippen LogP contribution in [0.3, 0.4) is 0 Å².